The van der Waals surface area contributed by atoms with Gasteiger partial charge in [0.1, 0.15) is 0 Å². The molecule has 3 amide bonds. The smallest absolute Gasteiger partial charge is 0.326 e. The van der Waals surface area contributed by atoms with E-state index in [1.165, 1.54) is 12.1 Å². The molecule has 1 N–H and O–H groups in total. The Bertz CT molecular complexity index is 620. The fraction of sp³-hybridized carbons (Fsp3) is 0.375. The molecule has 0 saturated carbocycles. The van der Waals surface area contributed by atoms with Gasteiger partial charge >= 0.3 is 5.97 Å². The van der Waals surface area contributed by atoms with Gasteiger partial charge in [-0.25, -0.2) is 4.79 Å². The molecule has 1 heterocycles. The predicted octanol–water partition coefficient (Wildman–Crippen LogP) is 1.89. The number of nitrogens with zero attached hydrogens (tertiary/aromatic N) is 1. The summed E-state index contributed by atoms with van der Waals surface area (Å²) in [6, 6.07) is 6.03. The van der Waals surface area contributed by atoms with Crippen LogP contribution in [-0.2, 0) is 19.2 Å². The van der Waals surface area contributed by atoms with Gasteiger partial charge in [0, 0.05) is 24.9 Å². The Morgan fingerprint density at radius 3 is 2.22 bits per heavy atom. The minimum atomic E-state index is -0.798. The molecule has 0 aromatic heterocycles. The Morgan fingerprint density at radius 1 is 1.13 bits per heavy atom. The van der Waals surface area contributed by atoms with E-state index in [0.29, 0.717) is 17.2 Å². The highest BCUT2D eigenvalue weighted by molar-refractivity contribution is 6.02. The first-order chi connectivity index (χ1) is 10.9. The van der Waals surface area contributed by atoms with E-state index >= 15 is 0 Å². The summed E-state index contributed by atoms with van der Waals surface area (Å²) in [4.78, 5) is 51.2. The Balaban J connectivity index is 1.96. The summed E-state index contributed by atoms with van der Waals surface area (Å²) in [7, 11) is 0. The number of amides is 3. The van der Waals surface area contributed by atoms with Crippen LogP contribution in [0.2, 0.25) is 0 Å². The van der Waals surface area contributed by atoms with E-state index < -0.39 is 17.8 Å². The number of hydrogen-bond acceptors (Lipinski definition) is 5. The van der Waals surface area contributed by atoms with Crippen LogP contribution in [-0.4, -0.2) is 28.8 Å². The third-order valence-electron chi connectivity index (χ3n) is 3.18. The van der Waals surface area contributed by atoms with Crippen molar-refractivity contribution in [3.63, 3.8) is 0 Å². The van der Waals surface area contributed by atoms with Gasteiger partial charge in [0.2, 0.25) is 5.91 Å². The van der Waals surface area contributed by atoms with Crippen LogP contribution < -0.4 is 5.32 Å². The zero-order valence-corrected chi connectivity index (χ0v) is 13.0. The fourth-order valence-electron chi connectivity index (χ4n) is 2.07. The SMILES string of the molecule is CC(C)CC(=O)Nc1ccc(C(=O)ON2C(=O)CCC2=O)cc1. The van der Waals surface area contributed by atoms with Crippen LogP contribution in [0.5, 0.6) is 0 Å². The summed E-state index contributed by atoms with van der Waals surface area (Å²) in [6.45, 7) is 3.89. The van der Waals surface area contributed by atoms with Crippen LogP contribution in [0.3, 0.4) is 0 Å². The summed E-state index contributed by atoms with van der Waals surface area (Å²) < 4.78 is 0. The summed E-state index contributed by atoms with van der Waals surface area (Å²) in [5, 5.41) is 3.22. The number of nitrogens with one attached hydrogen (secondary N) is 1. The number of rotatable bonds is 5. The van der Waals surface area contributed by atoms with Gasteiger partial charge < -0.3 is 10.2 Å². The van der Waals surface area contributed by atoms with E-state index in [-0.39, 0.29) is 30.2 Å². The molecule has 0 spiro atoms. The lowest BCUT2D eigenvalue weighted by Crippen LogP contribution is -2.32. The zero-order valence-electron chi connectivity index (χ0n) is 13.0. The van der Waals surface area contributed by atoms with Crippen molar-refractivity contribution in [3.8, 4) is 0 Å². The maximum atomic E-state index is 11.9. The molecule has 1 aromatic rings. The molecule has 1 aliphatic heterocycles. The van der Waals surface area contributed by atoms with Crippen LogP contribution in [0.15, 0.2) is 24.3 Å². The molecule has 0 radical (unpaired) electrons. The van der Waals surface area contributed by atoms with Crippen molar-refractivity contribution in [2.45, 2.75) is 33.1 Å². The summed E-state index contributed by atoms with van der Waals surface area (Å²) >= 11 is 0. The molecule has 1 saturated heterocycles. The van der Waals surface area contributed by atoms with Gasteiger partial charge in [-0.1, -0.05) is 13.8 Å². The average molecular weight is 318 g/mol. The number of anilines is 1. The summed E-state index contributed by atoms with van der Waals surface area (Å²) in [5.41, 5.74) is 0.736. The van der Waals surface area contributed by atoms with E-state index in [9.17, 15) is 19.2 Å². The molecular weight excluding hydrogens is 300 g/mol. The topological polar surface area (TPSA) is 92.8 Å². The van der Waals surface area contributed by atoms with Crippen molar-refractivity contribution in [1.82, 2.24) is 5.06 Å². The largest absolute Gasteiger partial charge is 0.363 e. The summed E-state index contributed by atoms with van der Waals surface area (Å²) in [6.07, 6.45) is 0.503. The Labute approximate surface area is 133 Å². The second kappa shape index (κ2) is 7.04. The van der Waals surface area contributed by atoms with Gasteiger partial charge in [-0.15, -0.1) is 5.06 Å². The molecule has 0 aliphatic carbocycles. The van der Waals surface area contributed by atoms with Crippen LogP contribution in [0.25, 0.3) is 0 Å². The highest BCUT2D eigenvalue weighted by Gasteiger charge is 2.33. The van der Waals surface area contributed by atoms with Crippen molar-refractivity contribution in [1.29, 1.82) is 0 Å². The molecule has 7 nitrogen and oxygen atoms in total. The maximum absolute atomic E-state index is 11.9. The monoisotopic (exact) mass is 318 g/mol. The first-order valence-corrected chi connectivity index (χ1v) is 7.35. The molecule has 122 valence electrons. The number of benzene rings is 1. The van der Waals surface area contributed by atoms with Crippen LogP contribution in [0, 0.1) is 5.92 Å². The Morgan fingerprint density at radius 2 is 1.70 bits per heavy atom. The minimum Gasteiger partial charge on any atom is -0.326 e. The minimum absolute atomic E-state index is 0.0485. The lowest BCUT2D eigenvalue weighted by atomic mass is 10.1. The van der Waals surface area contributed by atoms with Gasteiger partial charge in [-0.3, -0.25) is 14.4 Å². The molecule has 23 heavy (non-hydrogen) atoms. The van der Waals surface area contributed by atoms with Gasteiger partial charge in [-0.05, 0) is 30.2 Å². The molecular formula is C16H18N2O5. The number of imide groups is 1. The third kappa shape index (κ3) is 4.38. The molecule has 0 atom stereocenters. The number of carbonyl (C=O) groups excluding carboxylic acids is 4. The van der Waals surface area contributed by atoms with Gasteiger partial charge in [0.05, 0.1) is 5.56 Å². The van der Waals surface area contributed by atoms with E-state index in [2.05, 4.69) is 5.32 Å². The molecule has 7 heteroatoms. The Kier molecular flexibility index (Phi) is 5.10. The van der Waals surface area contributed by atoms with Crippen molar-refractivity contribution < 1.29 is 24.0 Å². The van der Waals surface area contributed by atoms with E-state index in [1.807, 2.05) is 13.8 Å². The van der Waals surface area contributed by atoms with E-state index in [4.69, 9.17) is 4.84 Å². The zero-order chi connectivity index (χ0) is 17.0. The lowest BCUT2D eigenvalue weighted by Gasteiger charge is -2.12. The third-order valence-corrected chi connectivity index (χ3v) is 3.18. The van der Waals surface area contributed by atoms with Crippen molar-refractivity contribution in [3.05, 3.63) is 29.8 Å². The molecule has 0 unspecified atom stereocenters. The standard InChI is InChI=1S/C16H18N2O5/c1-10(2)9-13(19)17-12-5-3-11(4-6-12)16(22)23-18-14(20)7-8-15(18)21/h3-6,10H,7-9H2,1-2H3,(H,17,19). The van der Waals surface area contributed by atoms with Crippen molar-refractivity contribution in [2.75, 3.05) is 5.32 Å². The van der Waals surface area contributed by atoms with Gasteiger partial charge in [-0.2, -0.15) is 0 Å². The molecule has 0 bridgehead atoms. The first-order valence-electron chi connectivity index (χ1n) is 7.35. The number of hydrogen-bond donors (Lipinski definition) is 1. The highest BCUT2D eigenvalue weighted by Crippen LogP contribution is 2.16. The van der Waals surface area contributed by atoms with Gasteiger partial charge in [0.15, 0.2) is 0 Å². The molecule has 1 aliphatic rings. The number of carbonyl (C=O) groups is 4. The molecule has 1 aromatic carbocycles. The molecule has 1 fully saturated rings. The quantitative estimate of drug-likeness (QED) is 0.837. The van der Waals surface area contributed by atoms with E-state index in [1.54, 1.807) is 12.1 Å². The van der Waals surface area contributed by atoms with Gasteiger partial charge in [0.25, 0.3) is 11.8 Å². The highest BCUT2D eigenvalue weighted by atomic mass is 16.7. The van der Waals surface area contributed by atoms with E-state index in [0.717, 1.165) is 0 Å². The number of hydroxylamine groups is 2. The molecule has 2 rings (SSSR count). The fourth-order valence-corrected chi connectivity index (χ4v) is 2.07. The average Bonchev–Trinajstić information content (AvgIpc) is 2.79. The van der Waals surface area contributed by atoms with Crippen molar-refractivity contribution in [2.24, 2.45) is 5.92 Å². The maximum Gasteiger partial charge on any atom is 0.363 e. The normalized spacial score (nSPS) is 14.3. The van der Waals surface area contributed by atoms with Crippen LogP contribution in [0.1, 0.15) is 43.5 Å². The lowest BCUT2D eigenvalue weighted by molar-refractivity contribution is -0.172. The van der Waals surface area contributed by atoms with Crippen molar-refractivity contribution >= 4 is 29.4 Å². The van der Waals surface area contributed by atoms with Crippen LogP contribution >= 0.6 is 0 Å². The Hall–Kier alpha value is -2.70. The van der Waals surface area contributed by atoms with Crippen LogP contribution in [0.4, 0.5) is 5.69 Å². The predicted molar refractivity (Wildman–Crippen MR) is 81.0 cm³/mol. The summed E-state index contributed by atoms with van der Waals surface area (Å²) in [5.74, 6) is -1.71. The second-order valence-corrected chi connectivity index (χ2v) is 5.68. The second-order valence-electron chi connectivity index (χ2n) is 5.68. The first kappa shape index (κ1) is 16.7.